The first-order valence-electron chi connectivity index (χ1n) is 34.5. The van der Waals surface area contributed by atoms with Crippen LogP contribution in [0.3, 0.4) is 0 Å². The van der Waals surface area contributed by atoms with Gasteiger partial charge in [0.15, 0.2) is 0 Å². The van der Waals surface area contributed by atoms with Crippen molar-refractivity contribution in [3.63, 3.8) is 0 Å². The molecule has 0 saturated carbocycles. The molecular formula is C70H114N9O13+. The van der Waals surface area contributed by atoms with Gasteiger partial charge in [-0.05, 0) is 165 Å². The fraction of sp³-hybridized carbons (Fsp3) is 0.757. The second-order valence-electron chi connectivity index (χ2n) is 29.4. The minimum Gasteiger partial charge on any atom is -0.497 e. The molecule has 5 aliphatic heterocycles. The van der Waals surface area contributed by atoms with E-state index in [0.29, 0.717) is 75.0 Å². The normalized spacial score (nSPS) is 21.0. The Morgan fingerprint density at radius 3 is 1.84 bits per heavy atom. The molecule has 92 heavy (non-hydrogen) atoms. The summed E-state index contributed by atoms with van der Waals surface area (Å²) in [5.74, 6) is 0.918. The fourth-order valence-corrected chi connectivity index (χ4v) is 12.9. The standard InChI is InChI=1S/C70H113N9O13/c1-16-17-18-19-21-24-27-33-50-46-51-38-41-55-56(48(2)72-61(78(51)55)77(50)47-49-36-39-52(86-15)40-37-49)58(80)87-44-30-26-23-20-22-25-28-34-54-57(53-35-32-43-76(53)62(75-65(84)91-69(9,10)11)79(54)66(85)92-70(12,13)14)59(81)88-45-31-29-42-71-60(73-63(82)89-67(3,4)5)74-64(83)90-68(6,7)8/h36-37,39-40,48,50-51,54-56H,16-35,38,41-47H2,1-15H3,(H2,71,73,74,82,83)/p+1/b75-62+/t48-,50-,51+,54-,55+,56+/m1/s1. The Morgan fingerprint density at radius 2 is 1.24 bits per heavy atom. The first kappa shape index (κ1) is 74.4. The molecule has 1 aromatic carbocycles. The Kier molecular flexibility index (Phi) is 27.9. The third kappa shape index (κ3) is 23.4. The second kappa shape index (κ2) is 34.5. The highest BCUT2D eigenvalue weighted by molar-refractivity contribution is 6.05. The number of nitrogens with zero attached hydrogens (tertiary/aromatic N) is 6. The number of benzene rings is 1. The molecule has 0 aromatic heterocycles. The zero-order chi connectivity index (χ0) is 67.4. The number of aliphatic imine (C=N–C) groups is 2. The van der Waals surface area contributed by atoms with Crippen LogP contribution in [0.25, 0.3) is 0 Å². The van der Waals surface area contributed by atoms with Gasteiger partial charge in [-0.25, -0.2) is 28.9 Å². The minimum atomic E-state index is -0.931. The highest BCUT2D eigenvalue weighted by atomic mass is 16.6. The zero-order valence-corrected chi connectivity index (χ0v) is 58.6. The lowest BCUT2D eigenvalue weighted by Crippen LogP contribution is -2.67. The minimum absolute atomic E-state index is 0.00194. The summed E-state index contributed by atoms with van der Waals surface area (Å²) in [5, 5.41) is 8.83. The van der Waals surface area contributed by atoms with Gasteiger partial charge in [0.1, 0.15) is 34.1 Å². The van der Waals surface area contributed by atoms with Crippen LogP contribution in [0.15, 0.2) is 45.5 Å². The molecule has 5 heterocycles. The van der Waals surface area contributed by atoms with Crippen LogP contribution in [0, 0.1) is 5.92 Å². The summed E-state index contributed by atoms with van der Waals surface area (Å²) in [6.07, 6.45) is 18.1. The van der Waals surface area contributed by atoms with Gasteiger partial charge in [0.05, 0.1) is 62.7 Å². The molecule has 0 unspecified atom stereocenters. The smallest absolute Gasteiger partial charge is 0.437 e. The summed E-state index contributed by atoms with van der Waals surface area (Å²) >= 11 is 0. The van der Waals surface area contributed by atoms with Gasteiger partial charge in [-0.1, -0.05) is 103 Å². The SMILES string of the molecule is CCCCCCCCC[C@@H]1C[C@@H]2CC[C@H]3[C@@H](C(=O)OCCCCCCCCC[C@@H]4C(C(=O)OCCCCN=C(NC(=O)OC(C)(C)C)NC(=O)OC(C)(C)C)=C5CCCN5/C(=N\C(=O)OC(C)(C)C)N4C(=O)OC(C)(C)C)[C@@H](C)NC(=[N+]23)N1Cc1ccc(OC)cc1. The number of rotatable bonds is 28. The van der Waals surface area contributed by atoms with Crippen LogP contribution in [-0.4, -0.2) is 159 Å². The van der Waals surface area contributed by atoms with Crippen molar-refractivity contribution in [2.24, 2.45) is 15.9 Å². The van der Waals surface area contributed by atoms with Crippen molar-refractivity contribution in [3.8, 4) is 5.75 Å². The number of esters is 2. The van der Waals surface area contributed by atoms with Crippen molar-refractivity contribution >= 4 is 54.2 Å². The third-order valence-electron chi connectivity index (χ3n) is 16.9. The van der Waals surface area contributed by atoms with Crippen LogP contribution >= 0.6 is 0 Å². The van der Waals surface area contributed by atoms with Crippen molar-refractivity contribution in [1.82, 2.24) is 30.7 Å². The molecule has 4 amide bonds. The number of fused-ring (bicyclic) bond motifs is 1. The number of amides is 4. The Labute approximate surface area is 549 Å². The number of carbonyl (C=O) groups is 6. The maximum atomic E-state index is 14.6. The van der Waals surface area contributed by atoms with Crippen molar-refractivity contribution in [3.05, 3.63) is 41.1 Å². The molecule has 2 fully saturated rings. The Morgan fingerprint density at radius 1 is 0.674 bits per heavy atom. The molecule has 0 bridgehead atoms. The van der Waals surface area contributed by atoms with Crippen LogP contribution in [0.1, 0.15) is 250 Å². The van der Waals surface area contributed by atoms with E-state index in [-0.39, 0.29) is 49.0 Å². The summed E-state index contributed by atoms with van der Waals surface area (Å²) in [6, 6.07) is 8.37. The topological polar surface area (TPSA) is 241 Å². The molecule has 5 aliphatic rings. The molecule has 22 heteroatoms. The van der Waals surface area contributed by atoms with Crippen LogP contribution in [0.2, 0.25) is 0 Å². The van der Waals surface area contributed by atoms with Gasteiger partial charge >= 0.3 is 42.3 Å². The highest BCUT2D eigenvalue weighted by Gasteiger charge is 2.55. The van der Waals surface area contributed by atoms with Crippen LogP contribution < -0.4 is 20.7 Å². The Balaban J connectivity index is 1.06. The predicted octanol–water partition coefficient (Wildman–Crippen LogP) is 13.6. The largest absolute Gasteiger partial charge is 0.497 e. The summed E-state index contributed by atoms with van der Waals surface area (Å²) < 4.78 is 42.6. The molecule has 0 aliphatic carbocycles. The Hall–Kier alpha value is -6.61. The number of hydrogen-bond acceptors (Lipinski definition) is 16. The lowest BCUT2D eigenvalue weighted by atomic mass is 9.89. The molecular weight excluding hydrogens is 1170 g/mol. The summed E-state index contributed by atoms with van der Waals surface area (Å²) in [4.78, 5) is 96.5. The van der Waals surface area contributed by atoms with Gasteiger partial charge < -0.3 is 38.1 Å². The molecule has 6 rings (SSSR count). The zero-order valence-electron chi connectivity index (χ0n) is 58.6. The van der Waals surface area contributed by atoms with E-state index < -0.39 is 58.8 Å². The van der Waals surface area contributed by atoms with E-state index in [1.807, 2.05) is 12.1 Å². The maximum Gasteiger partial charge on any atom is 0.437 e. The van der Waals surface area contributed by atoms with E-state index in [0.717, 1.165) is 76.5 Å². The van der Waals surface area contributed by atoms with E-state index >= 15 is 0 Å². The van der Waals surface area contributed by atoms with Crippen LogP contribution in [-0.2, 0) is 44.6 Å². The number of hydrogen-bond donors (Lipinski definition) is 3. The predicted molar refractivity (Wildman–Crippen MR) is 355 cm³/mol. The first-order valence-corrected chi connectivity index (χ1v) is 34.5. The number of allylic oxidation sites excluding steroid dienone is 1. The van der Waals surface area contributed by atoms with Crippen LogP contribution in [0.4, 0.5) is 19.2 Å². The van der Waals surface area contributed by atoms with Gasteiger partial charge in [-0.2, -0.15) is 0 Å². The van der Waals surface area contributed by atoms with Gasteiger partial charge in [0.25, 0.3) is 0 Å². The van der Waals surface area contributed by atoms with Gasteiger partial charge in [0.2, 0.25) is 11.9 Å². The molecule has 2 saturated heterocycles. The number of alkyl carbamates (subject to hydrolysis) is 2. The molecule has 3 N–H and O–H groups in total. The molecule has 516 valence electrons. The van der Waals surface area contributed by atoms with E-state index in [4.69, 9.17) is 33.2 Å². The van der Waals surface area contributed by atoms with E-state index in [1.165, 1.54) is 61.4 Å². The third-order valence-corrected chi connectivity index (χ3v) is 16.9. The maximum absolute atomic E-state index is 14.6. The quantitative estimate of drug-likeness (QED) is 0.0176. The summed E-state index contributed by atoms with van der Waals surface area (Å²) in [6.45, 7) is 26.9. The van der Waals surface area contributed by atoms with Crippen molar-refractivity contribution in [2.75, 3.05) is 33.4 Å². The fourth-order valence-electron chi connectivity index (χ4n) is 12.9. The average molecular weight is 1290 g/mol. The summed E-state index contributed by atoms with van der Waals surface area (Å²) in [7, 11) is 1.70. The number of nitrogens with one attached hydrogen (secondary N) is 3. The number of methoxy groups -OCH3 is 1. The van der Waals surface area contributed by atoms with Crippen LogP contribution in [0.5, 0.6) is 5.75 Å². The molecule has 6 atom stereocenters. The lowest BCUT2D eigenvalue weighted by Gasteiger charge is -2.43. The number of carbonyl (C=O) groups excluding carboxylic acids is 6. The lowest BCUT2D eigenvalue weighted by molar-refractivity contribution is -0.603. The first-order chi connectivity index (χ1) is 43.5. The van der Waals surface area contributed by atoms with E-state index in [9.17, 15) is 28.8 Å². The van der Waals surface area contributed by atoms with Gasteiger partial charge in [-0.15, -0.1) is 4.99 Å². The van der Waals surface area contributed by atoms with Crippen molar-refractivity contribution < 1.29 is 66.5 Å². The average Bonchev–Trinajstić information content (AvgIpc) is 1.46. The molecule has 1 aromatic rings. The molecule has 0 radical (unpaired) electrons. The summed E-state index contributed by atoms with van der Waals surface area (Å²) in [5.41, 5.74) is -1.23. The van der Waals surface area contributed by atoms with Crippen molar-refractivity contribution in [2.45, 2.75) is 304 Å². The second-order valence-corrected chi connectivity index (χ2v) is 29.4. The molecule has 0 spiro atoms. The van der Waals surface area contributed by atoms with Crippen molar-refractivity contribution in [1.29, 1.82) is 0 Å². The Bertz CT molecular complexity index is 2720. The highest BCUT2D eigenvalue weighted by Crippen LogP contribution is 2.40. The van der Waals surface area contributed by atoms with E-state index in [1.54, 1.807) is 95.1 Å². The number of guanidine groups is 3. The molecule has 22 nitrogen and oxygen atoms in total. The van der Waals surface area contributed by atoms with Gasteiger partial charge in [0, 0.05) is 25.2 Å². The van der Waals surface area contributed by atoms with E-state index in [2.05, 4.69) is 61.4 Å². The van der Waals surface area contributed by atoms with Gasteiger partial charge in [-0.3, -0.25) is 35.2 Å². The number of ether oxygens (including phenoxy) is 7. The number of unbranched alkanes of at least 4 members (excludes halogenated alkanes) is 13. The monoisotopic (exact) mass is 1290 g/mol.